The van der Waals surface area contributed by atoms with Crippen LogP contribution in [0, 0.1) is 0 Å². The molecular formula is C12H14N4O. The molecule has 0 radical (unpaired) electrons. The molecule has 0 saturated carbocycles. The van der Waals surface area contributed by atoms with E-state index in [4.69, 9.17) is 5.73 Å². The first-order valence-electron chi connectivity index (χ1n) is 5.33. The minimum atomic E-state index is -0.357. The summed E-state index contributed by atoms with van der Waals surface area (Å²) in [4.78, 5) is 14.7. The van der Waals surface area contributed by atoms with Gasteiger partial charge >= 0.3 is 0 Å². The monoisotopic (exact) mass is 230 g/mol. The quantitative estimate of drug-likeness (QED) is 0.783. The molecule has 0 saturated heterocycles. The van der Waals surface area contributed by atoms with E-state index in [1.807, 2.05) is 35.0 Å². The Morgan fingerprint density at radius 1 is 1.41 bits per heavy atom. The van der Waals surface area contributed by atoms with E-state index < -0.39 is 0 Å². The van der Waals surface area contributed by atoms with Crippen molar-refractivity contribution in [2.45, 2.75) is 6.54 Å². The molecule has 0 bridgehead atoms. The second-order valence-electron chi connectivity index (χ2n) is 3.65. The molecule has 0 fully saturated rings. The molecule has 0 unspecified atom stereocenters. The van der Waals surface area contributed by atoms with E-state index >= 15 is 0 Å². The van der Waals surface area contributed by atoms with Crippen LogP contribution >= 0.6 is 0 Å². The van der Waals surface area contributed by atoms with Gasteiger partial charge in [-0.25, -0.2) is 0 Å². The van der Waals surface area contributed by atoms with Gasteiger partial charge in [-0.2, -0.15) is 0 Å². The number of hydrogen-bond donors (Lipinski definition) is 2. The minimum Gasteiger partial charge on any atom is -0.369 e. The molecule has 3 N–H and O–H groups in total. The van der Waals surface area contributed by atoms with Crippen molar-refractivity contribution in [1.29, 1.82) is 0 Å². The Hall–Kier alpha value is -2.14. The van der Waals surface area contributed by atoms with E-state index in [0.29, 0.717) is 6.54 Å². The SMILES string of the molecule is NC(=O)CNCc1cccn1-c1cccnc1. The van der Waals surface area contributed by atoms with Crippen molar-refractivity contribution in [3.05, 3.63) is 48.5 Å². The Balaban J connectivity index is 2.10. The van der Waals surface area contributed by atoms with Crippen LogP contribution in [0.25, 0.3) is 5.69 Å². The van der Waals surface area contributed by atoms with Gasteiger partial charge in [0.05, 0.1) is 18.4 Å². The third-order valence-corrected chi connectivity index (χ3v) is 2.36. The molecule has 0 spiro atoms. The predicted molar refractivity (Wildman–Crippen MR) is 64.5 cm³/mol. The zero-order valence-electron chi connectivity index (χ0n) is 9.34. The van der Waals surface area contributed by atoms with Crippen LogP contribution in [0.1, 0.15) is 5.69 Å². The van der Waals surface area contributed by atoms with Gasteiger partial charge in [0.25, 0.3) is 0 Å². The lowest BCUT2D eigenvalue weighted by atomic mass is 10.3. The second-order valence-corrected chi connectivity index (χ2v) is 3.65. The zero-order chi connectivity index (χ0) is 12.1. The summed E-state index contributed by atoms with van der Waals surface area (Å²) in [6.07, 6.45) is 5.48. The minimum absolute atomic E-state index is 0.179. The van der Waals surface area contributed by atoms with Gasteiger partial charge in [0, 0.05) is 24.6 Å². The molecule has 0 aromatic carbocycles. The average molecular weight is 230 g/mol. The number of amides is 1. The van der Waals surface area contributed by atoms with E-state index in [0.717, 1.165) is 11.4 Å². The number of primary amides is 1. The number of carbonyl (C=O) groups is 1. The normalized spacial score (nSPS) is 10.4. The van der Waals surface area contributed by atoms with Crippen LogP contribution < -0.4 is 11.1 Å². The highest BCUT2D eigenvalue weighted by Gasteiger charge is 2.03. The smallest absolute Gasteiger partial charge is 0.231 e. The summed E-state index contributed by atoms with van der Waals surface area (Å²) in [7, 11) is 0. The number of aromatic nitrogens is 2. The molecule has 2 aromatic rings. The third-order valence-electron chi connectivity index (χ3n) is 2.36. The average Bonchev–Trinajstić information content (AvgIpc) is 2.78. The van der Waals surface area contributed by atoms with E-state index in [1.54, 1.807) is 12.4 Å². The third kappa shape index (κ3) is 2.92. The first-order chi connectivity index (χ1) is 8.27. The number of hydrogen-bond acceptors (Lipinski definition) is 3. The molecule has 0 aliphatic carbocycles. The fourth-order valence-electron chi connectivity index (χ4n) is 1.62. The van der Waals surface area contributed by atoms with Crippen molar-refractivity contribution in [3.8, 4) is 5.69 Å². The van der Waals surface area contributed by atoms with Crippen LogP contribution in [-0.4, -0.2) is 22.0 Å². The Bertz CT molecular complexity index is 492. The summed E-state index contributed by atoms with van der Waals surface area (Å²) in [6, 6.07) is 7.80. The van der Waals surface area contributed by atoms with Gasteiger partial charge in [-0.05, 0) is 24.3 Å². The molecule has 5 heteroatoms. The van der Waals surface area contributed by atoms with Crippen LogP contribution in [-0.2, 0) is 11.3 Å². The molecule has 2 rings (SSSR count). The maximum Gasteiger partial charge on any atom is 0.231 e. The Kier molecular flexibility index (Phi) is 3.52. The van der Waals surface area contributed by atoms with Gasteiger partial charge in [0.2, 0.25) is 5.91 Å². The van der Waals surface area contributed by atoms with E-state index in [2.05, 4.69) is 10.3 Å². The first-order valence-corrected chi connectivity index (χ1v) is 5.33. The highest BCUT2D eigenvalue weighted by atomic mass is 16.1. The van der Waals surface area contributed by atoms with Gasteiger partial charge in [-0.1, -0.05) is 0 Å². The second kappa shape index (κ2) is 5.27. The lowest BCUT2D eigenvalue weighted by Gasteiger charge is -2.08. The Morgan fingerprint density at radius 2 is 2.29 bits per heavy atom. The molecule has 0 aliphatic rings. The summed E-state index contributed by atoms with van der Waals surface area (Å²) in [5, 5.41) is 2.98. The van der Waals surface area contributed by atoms with Crippen LogP contribution in [0.4, 0.5) is 0 Å². The highest BCUT2D eigenvalue weighted by molar-refractivity contribution is 5.75. The summed E-state index contributed by atoms with van der Waals surface area (Å²) < 4.78 is 2.01. The zero-order valence-corrected chi connectivity index (χ0v) is 9.34. The number of carbonyl (C=O) groups excluding carboxylic acids is 1. The van der Waals surface area contributed by atoms with Crippen LogP contribution in [0.3, 0.4) is 0 Å². The van der Waals surface area contributed by atoms with Gasteiger partial charge < -0.3 is 15.6 Å². The van der Waals surface area contributed by atoms with Gasteiger partial charge in [-0.15, -0.1) is 0 Å². The van der Waals surface area contributed by atoms with Crippen molar-refractivity contribution in [2.24, 2.45) is 5.73 Å². The Labute approximate surface area is 99.3 Å². The van der Waals surface area contributed by atoms with Crippen molar-refractivity contribution in [1.82, 2.24) is 14.9 Å². The standard InChI is InChI=1S/C12H14N4O/c13-12(17)9-15-8-11-4-2-6-16(11)10-3-1-5-14-7-10/h1-7,15H,8-9H2,(H2,13,17). The van der Waals surface area contributed by atoms with E-state index in [9.17, 15) is 4.79 Å². The van der Waals surface area contributed by atoms with Crippen LogP contribution in [0.2, 0.25) is 0 Å². The maximum atomic E-state index is 10.6. The maximum absolute atomic E-state index is 10.6. The van der Waals surface area contributed by atoms with Crippen molar-refractivity contribution in [2.75, 3.05) is 6.54 Å². The molecule has 2 heterocycles. The summed E-state index contributed by atoms with van der Waals surface area (Å²) in [5.41, 5.74) is 7.11. The summed E-state index contributed by atoms with van der Waals surface area (Å²) >= 11 is 0. The van der Waals surface area contributed by atoms with Crippen LogP contribution in [0.15, 0.2) is 42.9 Å². The fourth-order valence-corrected chi connectivity index (χ4v) is 1.62. The van der Waals surface area contributed by atoms with Crippen molar-refractivity contribution in [3.63, 3.8) is 0 Å². The van der Waals surface area contributed by atoms with Crippen molar-refractivity contribution < 1.29 is 4.79 Å². The molecule has 0 aliphatic heterocycles. The fraction of sp³-hybridized carbons (Fsp3) is 0.167. The molecule has 5 nitrogen and oxygen atoms in total. The largest absolute Gasteiger partial charge is 0.369 e. The lowest BCUT2D eigenvalue weighted by Crippen LogP contribution is -2.28. The number of nitrogens with one attached hydrogen (secondary N) is 1. The first kappa shape index (κ1) is 11.3. The molecule has 1 amide bonds. The number of pyridine rings is 1. The van der Waals surface area contributed by atoms with Gasteiger partial charge in [-0.3, -0.25) is 9.78 Å². The molecule has 88 valence electrons. The summed E-state index contributed by atoms with van der Waals surface area (Å²) in [5.74, 6) is -0.357. The van der Waals surface area contributed by atoms with E-state index in [1.165, 1.54) is 0 Å². The molecular weight excluding hydrogens is 216 g/mol. The van der Waals surface area contributed by atoms with Crippen LogP contribution in [0.5, 0.6) is 0 Å². The van der Waals surface area contributed by atoms with E-state index in [-0.39, 0.29) is 12.5 Å². The molecule has 2 aromatic heterocycles. The lowest BCUT2D eigenvalue weighted by molar-refractivity contribution is -0.117. The molecule has 17 heavy (non-hydrogen) atoms. The summed E-state index contributed by atoms with van der Waals surface area (Å²) in [6.45, 7) is 0.767. The number of rotatable bonds is 5. The van der Waals surface area contributed by atoms with Gasteiger partial charge in [0.15, 0.2) is 0 Å². The topological polar surface area (TPSA) is 72.9 Å². The number of nitrogens with two attached hydrogens (primary N) is 1. The molecule has 0 atom stereocenters. The van der Waals surface area contributed by atoms with Gasteiger partial charge in [0.1, 0.15) is 0 Å². The highest BCUT2D eigenvalue weighted by Crippen LogP contribution is 2.10. The Morgan fingerprint density at radius 3 is 3.00 bits per heavy atom. The predicted octanol–water partition coefficient (Wildman–Crippen LogP) is 0.447. The number of nitrogens with zero attached hydrogens (tertiary/aromatic N) is 2. The van der Waals surface area contributed by atoms with Crippen molar-refractivity contribution >= 4 is 5.91 Å².